The maximum Gasteiger partial charge on any atom is 0.361 e. The lowest BCUT2D eigenvalue weighted by atomic mass is 10.0. The topological polar surface area (TPSA) is 108 Å². The van der Waals surface area contributed by atoms with E-state index < -0.39 is 24.3 Å². The number of nitrogens with zero attached hydrogens (tertiary/aromatic N) is 1. The van der Waals surface area contributed by atoms with Gasteiger partial charge in [-0.2, -0.15) is 0 Å². The molecular formula is C62H104NO8+. The highest BCUT2D eigenvalue weighted by Gasteiger charge is 2.25. The highest BCUT2D eigenvalue weighted by atomic mass is 16.7. The fraction of sp³-hybridized carbons (Fsp3) is 0.661. The highest BCUT2D eigenvalue weighted by Crippen LogP contribution is 2.15. The van der Waals surface area contributed by atoms with Gasteiger partial charge in [0.15, 0.2) is 6.10 Å². The van der Waals surface area contributed by atoms with E-state index in [2.05, 4.69) is 123 Å². The lowest BCUT2D eigenvalue weighted by molar-refractivity contribution is -0.870. The number of likely N-dealkylation sites (N-methyl/N-ethyl adjacent to an activating group) is 1. The lowest BCUT2D eigenvalue weighted by Gasteiger charge is -2.25. The van der Waals surface area contributed by atoms with E-state index >= 15 is 0 Å². The van der Waals surface area contributed by atoms with Gasteiger partial charge in [-0.25, -0.2) is 4.79 Å². The standard InChI is InChI=1S/C62H103NO8/c1-6-8-10-12-14-16-18-20-22-23-24-25-26-27-28-29-30-31-32-33-34-35-36-37-39-41-43-45-47-49-51-53-60(65)71-58(57-70-62(61(66)67)68-55-54-63(3,4)5)56-69-59(64)52-50-48-46-44-42-40-38-21-19-17-15-13-11-9-7-2/h8,10,14,16,20,22,24-25,27-28,30-31,33-34,36-37,41,43,58,62H,6-7,9,11-13,15,17-19,21,23,26,29,32,35,38-40,42,44-57H2,1-5H3/p+1/b10-8-,16-14-,22-20-,25-24-,28-27-,31-30-,34-33-,37-36-,43-41-. The Kier molecular flexibility index (Phi) is 49.3. The molecule has 71 heavy (non-hydrogen) atoms. The number of ether oxygens (including phenoxy) is 4. The predicted octanol–water partition coefficient (Wildman–Crippen LogP) is 16.3. The Morgan fingerprint density at radius 3 is 1.20 bits per heavy atom. The van der Waals surface area contributed by atoms with Gasteiger partial charge < -0.3 is 28.5 Å². The third-order valence-corrected chi connectivity index (χ3v) is 11.5. The molecule has 0 aliphatic rings. The second kappa shape index (κ2) is 52.3. The number of quaternary nitrogens is 1. The normalized spacial score (nSPS) is 13.6. The summed E-state index contributed by atoms with van der Waals surface area (Å²) in [4.78, 5) is 37.3. The van der Waals surface area contributed by atoms with Crippen LogP contribution in [0, 0.1) is 0 Å². The van der Waals surface area contributed by atoms with Crippen molar-refractivity contribution in [3.05, 3.63) is 109 Å². The number of allylic oxidation sites excluding steroid dienone is 18. The zero-order valence-corrected chi connectivity index (χ0v) is 45.8. The summed E-state index contributed by atoms with van der Waals surface area (Å²) in [6.45, 7) is 4.71. The number of unbranched alkanes of at least 4 members (excludes halogenated alkanes) is 17. The first-order valence-corrected chi connectivity index (χ1v) is 28.1. The largest absolute Gasteiger partial charge is 0.477 e. The summed E-state index contributed by atoms with van der Waals surface area (Å²) in [5.74, 6) is -2.06. The average Bonchev–Trinajstić information content (AvgIpc) is 3.34. The minimum atomic E-state index is -1.52. The number of hydrogen-bond acceptors (Lipinski definition) is 7. The van der Waals surface area contributed by atoms with Crippen LogP contribution in [0.15, 0.2) is 109 Å². The molecule has 0 bridgehead atoms. The van der Waals surface area contributed by atoms with E-state index in [1.165, 1.54) is 77.0 Å². The number of carboxylic acid groups (broad SMARTS) is 1. The monoisotopic (exact) mass is 991 g/mol. The first kappa shape index (κ1) is 67.0. The van der Waals surface area contributed by atoms with Crippen LogP contribution in [0.4, 0.5) is 0 Å². The van der Waals surface area contributed by atoms with E-state index in [9.17, 15) is 19.5 Å². The van der Waals surface area contributed by atoms with Gasteiger partial charge in [-0.15, -0.1) is 0 Å². The zero-order valence-electron chi connectivity index (χ0n) is 45.8. The summed E-state index contributed by atoms with van der Waals surface area (Å²) in [5, 5.41) is 9.68. The maximum atomic E-state index is 12.8. The Morgan fingerprint density at radius 1 is 0.437 bits per heavy atom. The molecule has 0 heterocycles. The number of aliphatic carboxylic acids is 1. The summed E-state index contributed by atoms with van der Waals surface area (Å²) >= 11 is 0. The van der Waals surface area contributed by atoms with E-state index in [-0.39, 0.29) is 32.2 Å². The van der Waals surface area contributed by atoms with Crippen LogP contribution in [-0.2, 0) is 33.3 Å². The third-order valence-electron chi connectivity index (χ3n) is 11.5. The van der Waals surface area contributed by atoms with E-state index in [1.54, 1.807) is 0 Å². The van der Waals surface area contributed by atoms with Crippen molar-refractivity contribution >= 4 is 17.9 Å². The Morgan fingerprint density at radius 2 is 0.803 bits per heavy atom. The van der Waals surface area contributed by atoms with Crippen molar-refractivity contribution in [3.63, 3.8) is 0 Å². The van der Waals surface area contributed by atoms with Crippen molar-refractivity contribution in [1.29, 1.82) is 0 Å². The second-order valence-corrected chi connectivity index (χ2v) is 19.5. The summed E-state index contributed by atoms with van der Waals surface area (Å²) in [6.07, 6.45) is 68.8. The fourth-order valence-electron chi connectivity index (χ4n) is 7.24. The van der Waals surface area contributed by atoms with Crippen LogP contribution < -0.4 is 0 Å². The Labute approximate surface area is 434 Å². The van der Waals surface area contributed by atoms with Gasteiger partial charge in [0.25, 0.3) is 6.29 Å². The van der Waals surface area contributed by atoms with Gasteiger partial charge in [0, 0.05) is 12.8 Å². The summed E-state index contributed by atoms with van der Waals surface area (Å²) < 4.78 is 22.8. The molecule has 0 aliphatic heterocycles. The highest BCUT2D eigenvalue weighted by molar-refractivity contribution is 5.71. The van der Waals surface area contributed by atoms with Crippen molar-refractivity contribution in [2.45, 2.75) is 219 Å². The lowest BCUT2D eigenvalue weighted by Crippen LogP contribution is -2.40. The van der Waals surface area contributed by atoms with Crippen LogP contribution in [0.25, 0.3) is 0 Å². The number of carbonyl (C=O) groups excluding carboxylic acids is 2. The number of rotatable bonds is 50. The molecule has 1 N–H and O–H groups in total. The summed E-state index contributed by atoms with van der Waals surface area (Å²) in [5.41, 5.74) is 0. The molecule has 0 amide bonds. The van der Waals surface area contributed by atoms with Gasteiger partial charge >= 0.3 is 17.9 Å². The minimum absolute atomic E-state index is 0.176. The number of carbonyl (C=O) groups is 3. The molecule has 0 fully saturated rings. The van der Waals surface area contributed by atoms with Crippen molar-refractivity contribution in [3.8, 4) is 0 Å². The zero-order chi connectivity index (χ0) is 52.0. The predicted molar refractivity (Wildman–Crippen MR) is 299 cm³/mol. The van der Waals surface area contributed by atoms with Crippen LogP contribution in [0.5, 0.6) is 0 Å². The molecule has 2 unspecified atom stereocenters. The molecule has 0 aromatic rings. The average molecular weight is 992 g/mol. The number of esters is 2. The molecule has 0 rings (SSSR count). The van der Waals surface area contributed by atoms with Crippen LogP contribution in [0.2, 0.25) is 0 Å². The molecule has 9 heteroatoms. The van der Waals surface area contributed by atoms with Crippen molar-refractivity contribution in [1.82, 2.24) is 0 Å². The van der Waals surface area contributed by atoms with E-state index in [0.29, 0.717) is 23.9 Å². The molecule has 9 nitrogen and oxygen atoms in total. The molecule has 0 spiro atoms. The van der Waals surface area contributed by atoms with Gasteiger partial charge in [0.1, 0.15) is 13.2 Å². The molecule has 0 saturated heterocycles. The summed E-state index contributed by atoms with van der Waals surface area (Å²) in [7, 11) is 5.94. The quantitative estimate of drug-likeness (QED) is 0.0211. The molecule has 2 atom stereocenters. The van der Waals surface area contributed by atoms with Crippen molar-refractivity contribution in [2.24, 2.45) is 0 Å². The molecule has 0 aromatic carbocycles. The van der Waals surface area contributed by atoms with E-state index in [1.807, 2.05) is 21.1 Å². The SMILES string of the molecule is CC/C=C\C/C=C\C/C=C\C/C=C\C/C=C\C/C=C\C/C=C\C/C=C\C/C=C\CCCCCC(=O)OC(COC(=O)CCCCCCCCCCCCCCCCC)COC(OCC[N+](C)(C)C)C(=O)O. The number of hydrogen-bond donors (Lipinski definition) is 1. The molecule has 0 radical (unpaired) electrons. The van der Waals surface area contributed by atoms with Gasteiger partial charge in [-0.1, -0.05) is 220 Å². The van der Waals surface area contributed by atoms with E-state index in [4.69, 9.17) is 18.9 Å². The van der Waals surface area contributed by atoms with Crippen molar-refractivity contribution in [2.75, 3.05) is 47.5 Å². The van der Waals surface area contributed by atoms with Gasteiger partial charge in [0.05, 0.1) is 34.4 Å². The molecule has 0 aliphatic carbocycles. The van der Waals surface area contributed by atoms with Crippen LogP contribution in [0.1, 0.15) is 206 Å². The van der Waals surface area contributed by atoms with E-state index in [0.717, 1.165) is 96.3 Å². The first-order chi connectivity index (χ1) is 34.6. The van der Waals surface area contributed by atoms with Gasteiger partial charge in [0.2, 0.25) is 0 Å². The number of carboxylic acids is 1. The molecule has 404 valence electrons. The van der Waals surface area contributed by atoms with Crippen LogP contribution >= 0.6 is 0 Å². The maximum absolute atomic E-state index is 12.8. The van der Waals surface area contributed by atoms with Crippen molar-refractivity contribution < 1.29 is 42.9 Å². The smallest absolute Gasteiger partial charge is 0.361 e. The van der Waals surface area contributed by atoms with Crippen LogP contribution in [-0.4, -0.2) is 87.4 Å². The Bertz CT molecular complexity index is 1530. The molecule has 0 saturated carbocycles. The van der Waals surface area contributed by atoms with Gasteiger partial charge in [-0.05, 0) is 83.5 Å². The second-order valence-electron chi connectivity index (χ2n) is 19.5. The minimum Gasteiger partial charge on any atom is -0.477 e. The Balaban J connectivity index is 4.36. The molecular weight excluding hydrogens is 887 g/mol. The third kappa shape index (κ3) is 53.6. The van der Waals surface area contributed by atoms with Crippen LogP contribution in [0.3, 0.4) is 0 Å². The Hall–Kier alpha value is -4.05. The fourth-order valence-corrected chi connectivity index (χ4v) is 7.24. The van der Waals surface area contributed by atoms with Gasteiger partial charge in [-0.3, -0.25) is 9.59 Å². The first-order valence-electron chi connectivity index (χ1n) is 28.1. The summed E-state index contributed by atoms with van der Waals surface area (Å²) in [6, 6.07) is 0. The molecule has 0 aromatic heterocycles.